The largest absolute Gasteiger partial charge is 0.447 e. The molecule has 2 rings (SSSR count). The topological polar surface area (TPSA) is 60.2 Å². The number of halogens is 3. The van der Waals surface area contributed by atoms with Gasteiger partial charge in [0.15, 0.2) is 5.69 Å². The summed E-state index contributed by atoms with van der Waals surface area (Å²) in [4.78, 5) is 16.2. The van der Waals surface area contributed by atoms with Gasteiger partial charge in [-0.25, -0.2) is 4.79 Å². The molecule has 0 bridgehead atoms. The summed E-state index contributed by atoms with van der Waals surface area (Å²) in [5.74, 6) is 0. The van der Waals surface area contributed by atoms with Crippen LogP contribution in [0.4, 0.5) is 18.0 Å². The molecule has 0 radical (unpaired) electrons. The van der Waals surface area contributed by atoms with Crippen molar-refractivity contribution in [1.82, 2.24) is 19.7 Å². The maximum atomic E-state index is 12.9. The molecular weight excluding hydrogens is 289 g/mol. The smallest absolute Gasteiger partial charge is 0.435 e. The maximum Gasteiger partial charge on any atom is 0.435 e. The predicted octanol–water partition coefficient (Wildman–Crippen LogP) is 2.15. The number of hydrogen-bond donors (Lipinski definition) is 0. The molecular formula is C12H13F3N4O2. The number of amides is 1. The first-order valence-electron chi connectivity index (χ1n) is 6.02. The van der Waals surface area contributed by atoms with Gasteiger partial charge in [-0.15, -0.1) is 0 Å². The van der Waals surface area contributed by atoms with Gasteiger partial charge in [-0.1, -0.05) is 0 Å². The SMILES string of the molecule is CN(C)C(=O)OCCn1nc(C(F)(F)F)c2cnccc21. The monoisotopic (exact) mass is 302 g/mol. The average molecular weight is 302 g/mol. The van der Waals surface area contributed by atoms with Crippen molar-refractivity contribution in [1.29, 1.82) is 0 Å². The molecule has 21 heavy (non-hydrogen) atoms. The first-order chi connectivity index (χ1) is 9.80. The van der Waals surface area contributed by atoms with Crippen molar-refractivity contribution in [3.8, 4) is 0 Å². The van der Waals surface area contributed by atoms with Gasteiger partial charge in [0.25, 0.3) is 0 Å². The van der Waals surface area contributed by atoms with Gasteiger partial charge < -0.3 is 9.64 Å². The molecule has 0 aliphatic rings. The summed E-state index contributed by atoms with van der Waals surface area (Å²) in [6.45, 7) is -0.0520. The van der Waals surface area contributed by atoms with Crippen molar-refractivity contribution >= 4 is 17.0 Å². The Kier molecular flexibility index (Phi) is 4.01. The number of rotatable bonds is 3. The first-order valence-corrected chi connectivity index (χ1v) is 6.02. The summed E-state index contributed by atoms with van der Waals surface area (Å²) >= 11 is 0. The number of carbonyl (C=O) groups excluding carboxylic acids is 1. The van der Waals surface area contributed by atoms with Crippen LogP contribution in [0, 0.1) is 0 Å². The van der Waals surface area contributed by atoms with Crippen LogP contribution in [0.3, 0.4) is 0 Å². The number of hydrogen-bond acceptors (Lipinski definition) is 4. The summed E-state index contributed by atoms with van der Waals surface area (Å²) in [5, 5.41) is 3.47. The zero-order valence-corrected chi connectivity index (χ0v) is 11.4. The molecule has 2 aromatic rings. The standard InChI is InChI=1S/C12H13F3N4O2/c1-18(2)11(20)21-6-5-19-9-3-4-16-7-8(9)10(17-19)12(13,14)15/h3-4,7H,5-6H2,1-2H3. The van der Waals surface area contributed by atoms with Gasteiger partial charge in [0, 0.05) is 26.5 Å². The van der Waals surface area contributed by atoms with E-state index in [0.29, 0.717) is 5.52 Å². The number of pyridine rings is 1. The number of alkyl halides is 3. The zero-order chi connectivity index (χ0) is 15.6. The predicted molar refractivity (Wildman–Crippen MR) is 67.6 cm³/mol. The molecule has 2 aromatic heterocycles. The Morgan fingerprint density at radius 3 is 2.76 bits per heavy atom. The van der Waals surface area contributed by atoms with E-state index in [9.17, 15) is 18.0 Å². The minimum atomic E-state index is -4.56. The molecule has 1 amide bonds. The summed E-state index contributed by atoms with van der Waals surface area (Å²) in [5.41, 5.74) is -0.706. The second kappa shape index (κ2) is 5.58. The van der Waals surface area contributed by atoms with Crippen LogP contribution in [0.5, 0.6) is 0 Å². The van der Waals surface area contributed by atoms with E-state index in [1.54, 1.807) is 0 Å². The fraction of sp³-hybridized carbons (Fsp3) is 0.417. The summed E-state index contributed by atoms with van der Waals surface area (Å²) in [7, 11) is 3.03. The van der Waals surface area contributed by atoms with E-state index >= 15 is 0 Å². The quantitative estimate of drug-likeness (QED) is 0.871. The lowest BCUT2D eigenvalue weighted by Gasteiger charge is -2.11. The average Bonchev–Trinajstić information content (AvgIpc) is 2.78. The van der Waals surface area contributed by atoms with Crippen LogP contribution in [0.15, 0.2) is 18.5 Å². The van der Waals surface area contributed by atoms with Gasteiger partial charge in [-0.3, -0.25) is 9.67 Å². The Bertz CT molecular complexity index is 651. The summed E-state index contributed by atoms with van der Waals surface area (Å²) in [6.07, 6.45) is -2.63. The van der Waals surface area contributed by atoms with Crippen molar-refractivity contribution < 1.29 is 22.7 Å². The molecule has 0 saturated carbocycles. The van der Waals surface area contributed by atoms with Crippen LogP contribution in [0.25, 0.3) is 10.9 Å². The van der Waals surface area contributed by atoms with E-state index in [1.165, 1.54) is 31.3 Å². The van der Waals surface area contributed by atoms with Crippen molar-refractivity contribution in [3.63, 3.8) is 0 Å². The lowest BCUT2D eigenvalue weighted by molar-refractivity contribution is -0.140. The van der Waals surface area contributed by atoms with E-state index in [2.05, 4.69) is 10.1 Å². The van der Waals surface area contributed by atoms with Crippen LogP contribution in [0.2, 0.25) is 0 Å². The zero-order valence-electron chi connectivity index (χ0n) is 11.4. The molecule has 0 unspecified atom stereocenters. The van der Waals surface area contributed by atoms with E-state index < -0.39 is 18.0 Å². The molecule has 0 atom stereocenters. The highest BCUT2D eigenvalue weighted by molar-refractivity contribution is 5.81. The van der Waals surface area contributed by atoms with Gasteiger partial charge in [0.2, 0.25) is 0 Å². The second-order valence-electron chi connectivity index (χ2n) is 4.47. The van der Waals surface area contributed by atoms with Crippen molar-refractivity contribution in [2.45, 2.75) is 12.7 Å². The molecule has 0 aliphatic carbocycles. The normalized spacial score (nSPS) is 11.7. The maximum absolute atomic E-state index is 12.9. The highest BCUT2D eigenvalue weighted by Gasteiger charge is 2.36. The minimum Gasteiger partial charge on any atom is -0.447 e. The van der Waals surface area contributed by atoms with Crippen LogP contribution >= 0.6 is 0 Å². The molecule has 0 saturated heterocycles. The third kappa shape index (κ3) is 3.23. The van der Waals surface area contributed by atoms with Gasteiger partial charge >= 0.3 is 12.3 Å². The van der Waals surface area contributed by atoms with Gasteiger partial charge in [0.05, 0.1) is 17.4 Å². The van der Waals surface area contributed by atoms with E-state index in [0.717, 1.165) is 10.9 Å². The number of nitrogens with zero attached hydrogens (tertiary/aromatic N) is 4. The van der Waals surface area contributed by atoms with Gasteiger partial charge in [-0.2, -0.15) is 18.3 Å². The fourth-order valence-corrected chi connectivity index (χ4v) is 1.75. The molecule has 6 nitrogen and oxygen atoms in total. The number of carbonyl (C=O) groups is 1. The second-order valence-corrected chi connectivity index (χ2v) is 4.47. The molecule has 0 N–H and O–H groups in total. The Morgan fingerprint density at radius 1 is 1.43 bits per heavy atom. The molecule has 114 valence electrons. The molecule has 0 aromatic carbocycles. The molecule has 0 fully saturated rings. The number of aromatic nitrogens is 3. The Hall–Kier alpha value is -2.32. The third-order valence-corrected chi connectivity index (χ3v) is 2.71. The van der Waals surface area contributed by atoms with Crippen molar-refractivity contribution in [3.05, 3.63) is 24.2 Å². The van der Waals surface area contributed by atoms with Crippen LogP contribution in [-0.2, 0) is 17.5 Å². The van der Waals surface area contributed by atoms with Gasteiger partial charge in [0.1, 0.15) is 6.61 Å². The lowest BCUT2D eigenvalue weighted by Crippen LogP contribution is -2.24. The number of ether oxygens (including phenoxy) is 1. The molecule has 0 aliphatic heterocycles. The van der Waals surface area contributed by atoms with E-state index in [1.807, 2.05) is 0 Å². The van der Waals surface area contributed by atoms with Gasteiger partial charge in [-0.05, 0) is 6.07 Å². The number of fused-ring (bicyclic) bond motifs is 1. The van der Waals surface area contributed by atoms with Crippen molar-refractivity contribution in [2.24, 2.45) is 0 Å². The Balaban J connectivity index is 2.23. The summed E-state index contributed by atoms with van der Waals surface area (Å²) < 4.78 is 44.7. The highest BCUT2D eigenvalue weighted by Crippen LogP contribution is 2.33. The molecule has 2 heterocycles. The van der Waals surface area contributed by atoms with E-state index in [4.69, 9.17) is 4.74 Å². The van der Waals surface area contributed by atoms with Crippen LogP contribution in [-0.4, -0.2) is 46.5 Å². The minimum absolute atomic E-state index is 0.0240. The van der Waals surface area contributed by atoms with Crippen LogP contribution < -0.4 is 0 Å². The summed E-state index contributed by atoms with van der Waals surface area (Å²) in [6, 6.07) is 1.44. The van der Waals surface area contributed by atoms with E-state index in [-0.39, 0.29) is 18.5 Å². The molecule has 0 spiro atoms. The lowest BCUT2D eigenvalue weighted by atomic mass is 10.2. The highest BCUT2D eigenvalue weighted by atomic mass is 19.4. The molecule has 9 heteroatoms. The third-order valence-electron chi connectivity index (χ3n) is 2.71. The Morgan fingerprint density at radius 2 is 2.14 bits per heavy atom. The first kappa shape index (κ1) is 15.1. The Labute approximate surface area is 118 Å². The van der Waals surface area contributed by atoms with Crippen LogP contribution in [0.1, 0.15) is 5.69 Å². The van der Waals surface area contributed by atoms with Crippen molar-refractivity contribution in [2.75, 3.05) is 20.7 Å². The fourth-order valence-electron chi connectivity index (χ4n) is 1.75.